The molecular weight excluding hydrogens is 164 g/mol. The summed E-state index contributed by atoms with van der Waals surface area (Å²) in [7, 11) is 0. The van der Waals surface area contributed by atoms with Gasteiger partial charge in [0.05, 0.1) is 5.69 Å². The van der Waals surface area contributed by atoms with Gasteiger partial charge in [0.1, 0.15) is 0 Å². The molecule has 2 N–H and O–H groups in total. The molecule has 0 spiro atoms. The van der Waals surface area contributed by atoms with E-state index < -0.39 is 0 Å². The van der Waals surface area contributed by atoms with Crippen LogP contribution in [0.25, 0.3) is 0 Å². The van der Waals surface area contributed by atoms with Crippen LogP contribution >= 0.6 is 0 Å². The Morgan fingerprint density at radius 3 is 2.92 bits per heavy atom. The molecule has 0 amide bonds. The van der Waals surface area contributed by atoms with Gasteiger partial charge in [-0.15, -0.1) is 5.10 Å². The average molecular weight is 180 g/mol. The Morgan fingerprint density at radius 2 is 2.46 bits per heavy atom. The SMILES string of the molecule is CC(C)n1cc(C2CC2CN)nn1. The topological polar surface area (TPSA) is 56.7 Å². The highest BCUT2D eigenvalue weighted by Gasteiger charge is 2.39. The van der Waals surface area contributed by atoms with Crippen molar-refractivity contribution in [3.63, 3.8) is 0 Å². The molecule has 2 atom stereocenters. The highest BCUT2D eigenvalue weighted by Crippen LogP contribution is 2.45. The molecular formula is C9H16N4. The van der Waals surface area contributed by atoms with Crippen LogP contribution in [0.15, 0.2) is 6.20 Å². The lowest BCUT2D eigenvalue weighted by molar-refractivity contribution is 0.514. The van der Waals surface area contributed by atoms with E-state index in [9.17, 15) is 0 Å². The maximum Gasteiger partial charge on any atom is 0.0861 e. The number of hydrogen-bond donors (Lipinski definition) is 1. The summed E-state index contributed by atoms with van der Waals surface area (Å²) in [5.74, 6) is 1.23. The smallest absolute Gasteiger partial charge is 0.0861 e. The highest BCUT2D eigenvalue weighted by atomic mass is 15.4. The minimum absolute atomic E-state index is 0.399. The van der Waals surface area contributed by atoms with E-state index in [1.165, 1.54) is 6.42 Å². The molecule has 2 rings (SSSR count). The van der Waals surface area contributed by atoms with E-state index in [1.807, 2.05) is 10.9 Å². The highest BCUT2D eigenvalue weighted by molar-refractivity contribution is 5.14. The number of nitrogens with zero attached hydrogens (tertiary/aromatic N) is 3. The van der Waals surface area contributed by atoms with Gasteiger partial charge in [0.2, 0.25) is 0 Å². The number of rotatable bonds is 3. The van der Waals surface area contributed by atoms with Gasteiger partial charge in [-0.25, -0.2) is 4.68 Å². The Kier molecular flexibility index (Phi) is 2.07. The van der Waals surface area contributed by atoms with E-state index in [-0.39, 0.29) is 0 Å². The first-order valence-corrected chi connectivity index (χ1v) is 4.84. The van der Waals surface area contributed by atoms with Gasteiger partial charge in [-0.3, -0.25) is 0 Å². The minimum Gasteiger partial charge on any atom is -0.330 e. The summed E-state index contributed by atoms with van der Waals surface area (Å²) in [4.78, 5) is 0. The monoisotopic (exact) mass is 180 g/mol. The van der Waals surface area contributed by atoms with Crippen molar-refractivity contribution in [2.75, 3.05) is 6.54 Å². The fourth-order valence-electron chi connectivity index (χ4n) is 1.58. The van der Waals surface area contributed by atoms with Gasteiger partial charge in [0.15, 0.2) is 0 Å². The second-order valence-corrected chi connectivity index (χ2v) is 4.06. The molecule has 0 aliphatic heterocycles. The third-order valence-corrected chi connectivity index (χ3v) is 2.66. The van der Waals surface area contributed by atoms with Crippen molar-refractivity contribution in [3.05, 3.63) is 11.9 Å². The van der Waals surface area contributed by atoms with E-state index in [2.05, 4.69) is 24.2 Å². The van der Waals surface area contributed by atoms with Crippen LogP contribution < -0.4 is 5.73 Å². The molecule has 1 aromatic heterocycles. The van der Waals surface area contributed by atoms with Gasteiger partial charge in [-0.1, -0.05) is 5.21 Å². The van der Waals surface area contributed by atoms with Gasteiger partial charge < -0.3 is 5.73 Å². The van der Waals surface area contributed by atoms with Crippen molar-refractivity contribution in [2.24, 2.45) is 11.7 Å². The summed E-state index contributed by atoms with van der Waals surface area (Å²) in [5.41, 5.74) is 6.69. The average Bonchev–Trinajstić information content (AvgIpc) is 2.73. The van der Waals surface area contributed by atoms with Crippen LogP contribution in [0.2, 0.25) is 0 Å². The molecule has 0 aromatic carbocycles. The standard InChI is InChI=1S/C9H16N4/c1-6(2)13-5-9(11-12-13)8-3-7(8)4-10/h5-8H,3-4,10H2,1-2H3. The Hall–Kier alpha value is -0.900. The molecule has 1 aromatic rings. The molecule has 0 saturated heterocycles. The summed E-state index contributed by atoms with van der Waals surface area (Å²) in [6.45, 7) is 4.98. The first-order chi connectivity index (χ1) is 6.22. The van der Waals surface area contributed by atoms with E-state index in [4.69, 9.17) is 5.73 Å². The van der Waals surface area contributed by atoms with Gasteiger partial charge in [-0.2, -0.15) is 0 Å². The molecule has 4 heteroatoms. The molecule has 1 aliphatic carbocycles. The third kappa shape index (κ3) is 1.58. The maximum atomic E-state index is 5.57. The van der Waals surface area contributed by atoms with Crippen molar-refractivity contribution < 1.29 is 0 Å². The second kappa shape index (κ2) is 3.10. The van der Waals surface area contributed by atoms with E-state index in [0.29, 0.717) is 17.9 Å². The van der Waals surface area contributed by atoms with Crippen LogP contribution in [0.5, 0.6) is 0 Å². The number of nitrogens with two attached hydrogens (primary N) is 1. The lowest BCUT2D eigenvalue weighted by atomic mass is 10.2. The predicted molar refractivity (Wildman–Crippen MR) is 50.3 cm³/mol. The first-order valence-electron chi connectivity index (χ1n) is 4.84. The Balaban J connectivity index is 2.07. The summed E-state index contributed by atoms with van der Waals surface area (Å²) in [6, 6.07) is 0.399. The zero-order chi connectivity index (χ0) is 9.42. The van der Waals surface area contributed by atoms with Gasteiger partial charge >= 0.3 is 0 Å². The molecule has 13 heavy (non-hydrogen) atoms. The molecule has 4 nitrogen and oxygen atoms in total. The van der Waals surface area contributed by atoms with Crippen molar-refractivity contribution >= 4 is 0 Å². The Bertz CT molecular complexity index is 292. The Labute approximate surface area is 78.1 Å². The van der Waals surface area contributed by atoms with Crippen molar-refractivity contribution in [2.45, 2.75) is 32.2 Å². The predicted octanol–water partition coefficient (Wildman–Crippen LogP) is 0.921. The first kappa shape index (κ1) is 8.69. The lowest BCUT2D eigenvalue weighted by Crippen LogP contribution is -2.02. The van der Waals surface area contributed by atoms with Crippen LogP contribution in [0.3, 0.4) is 0 Å². The maximum absolute atomic E-state index is 5.57. The second-order valence-electron chi connectivity index (χ2n) is 4.06. The molecule has 0 bridgehead atoms. The molecule has 1 saturated carbocycles. The zero-order valence-electron chi connectivity index (χ0n) is 8.14. The largest absolute Gasteiger partial charge is 0.330 e. The molecule has 1 heterocycles. The lowest BCUT2D eigenvalue weighted by Gasteiger charge is -2.00. The van der Waals surface area contributed by atoms with Crippen molar-refractivity contribution in [1.29, 1.82) is 0 Å². The summed E-state index contributed by atoms with van der Waals surface area (Å²) < 4.78 is 1.90. The fraction of sp³-hybridized carbons (Fsp3) is 0.778. The number of aromatic nitrogens is 3. The van der Waals surface area contributed by atoms with Crippen LogP contribution in [-0.2, 0) is 0 Å². The van der Waals surface area contributed by atoms with Crippen LogP contribution in [-0.4, -0.2) is 21.5 Å². The summed E-state index contributed by atoms with van der Waals surface area (Å²) in [5, 5.41) is 8.23. The number of hydrogen-bond acceptors (Lipinski definition) is 3. The van der Waals surface area contributed by atoms with E-state index in [1.54, 1.807) is 0 Å². The summed E-state index contributed by atoms with van der Waals surface area (Å²) in [6.07, 6.45) is 3.23. The molecule has 72 valence electrons. The van der Waals surface area contributed by atoms with Gasteiger partial charge in [-0.05, 0) is 32.7 Å². The fourth-order valence-corrected chi connectivity index (χ4v) is 1.58. The van der Waals surface area contributed by atoms with Crippen molar-refractivity contribution in [3.8, 4) is 0 Å². The quantitative estimate of drug-likeness (QED) is 0.752. The minimum atomic E-state index is 0.399. The van der Waals surface area contributed by atoms with Gasteiger partial charge in [0.25, 0.3) is 0 Å². The molecule has 1 fully saturated rings. The van der Waals surface area contributed by atoms with Crippen molar-refractivity contribution in [1.82, 2.24) is 15.0 Å². The molecule has 2 unspecified atom stereocenters. The molecule has 1 aliphatic rings. The van der Waals surface area contributed by atoms with Crippen LogP contribution in [0.1, 0.15) is 37.9 Å². The Morgan fingerprint density at radius 1 is 1.69 bits per heavy atom. The van der Waals surface area contributed by atoms with E-state index in [0.717, 1.165) is 12.2 Å². The van der Waals surface area contributed by atoms with Crippen LogP contribution in [0.4, 0.5) is 0 Å². The summed E-state index contributed by atoms with van der Waals surface area (Å²) >= 11 is 0. The third-order valence-electron chi connectivity index (χ3n) is 2.66. The zero-order valence-corrected chi connectivity index (χ0v) is 8.14. The normalized spacial score (nSPS) is 26.8. The van der Waals surface area contributed by atoms with Crippen LogP contribution in [0, 0.1) is 5.92 Å². The van der Waals surface area contributed by atoms with Gasteiger partial charge in [0, 0.05) is 18.2 Å². The van der Waals surface area contributed by atoms with E-state index >= 15 is 0 Å². The molecule has 0 radical (unpaired) electrons.